The number of anilines is 3. The summed E-state index contributed by atoms with van der Waals surface area (Å²) in [7, 11) is 1.55. The Hall–Kier alpha value is -1.67. The molecule has 0 aliphatic heterocycles. The van der Waals surface area contributed by atoms with E-state index in [4.69, 9.17) is 21.0 Å². The number of aromatic nitrogens is 3. The van der Waals surface area contributed by atoms with Gasteiger partial charge in [-0.2, -0.15) is 15.0 Å². The lowest BCUT2D eigenvalue weighted by molar-refractivity contribution is -0.107. The van der Waals surface area contributed by atoms with Gasteiger partial charge in [-0.3, -0.25) is 0 Å². The second kappa shape index (κ2) is 6.03. The molecule has 0 saturated heterocycles. The molecule has 0 aliphatic rings. The summed E-state index contributed by atoms with van der Waals surface area (Å²) in [4.78, 5) is 16.4. The monoisotopic (exact) mass is 228 g/mol. The van der Waals surface area contributed by atoms with Gasteiger partial charge in [-0.05, 0) is 0 Å². The van der Waals surface area contributed by atoms with Crippen LogP contribution >= 0.6 is 0 Å². The molecular weight excluding hydrogens is 212 g/mol. The van der Waals surface area contributed by atoms with Crippen LogP contribution in [0.2, 0.25) is 0 Å². The predicted molar refractivity (Wildman–Crippen MR) is 59.1 cm³/mol. The standard InChI is InChI=1S/C8H16N6O2/c1-3-4-5(15-2)16-14-8-12-6(9)11-7(10)13-8/h5H,3-4H2,1-2H3,(H5,9,10,11,12,13,14). The van der Waals surface area contributed by atoms with Crippen molar-refractivity contribution in [3.05, 3.63) is 0 Å². The van der Waals surface area contributed by atoms with Gasteiger partial charge in [-0.15, -0.1) is 0 Å². The molecule has 0 fully saturated rings. The smallest absolute Gasteiger partial charge is 0.253 e. The minimum atomic E-state index is -0.371. The largest absolute Gasteiger partial charge is 0.368 e. The van der Waals surface area contributed by atoms with Gasteiger partial charge in [-0.25, -0.2) is 10.3 Å². The molecule has 0 amide bonds. The van der Waals surface area contributed by atoms with Crippen LogP contribution in [0.5, 0.6) is 0 Å². The number of methoxy groups -OCH3 is 1. The molecule has 0 aromatic carbocycles. The third-order valence-electron chi connectivity index (χ3n) is 1.74. The maximum Gasteiger partial charge on any atom is 0.253 e. The number of nitrogens with one attached hydrogen (secondary N) is 1. The first-order valence-electron chi connectivity index (χ1n) is 4.87. The lowest BCUT2D eigenvalue weighted by Gasteiger charge is -2.14. The summed E-state index contributed by atoms with van der Waals surface area (Å²) in [5.41, 5.74) is 13.3. The summed E-state index contributed by atoms with van der Waals surface area (Å²) in [5, 5.41) is 0. The number of nitrogens with two attached hydrogens (primary N) is 2. The molecule has 0 aliphatic carbocycles. The Kier molecular flexibility index (Phi) is 4.67. The Bertz CT molecular complexity index is 314. The van der Waals surface area contributed by atoms with Gasteiger partial charge in [-0.1, -0.05) is 13.3 Å². The Balaban J connectivity index is 2.52. The van der Waals surface area contributed by atoms with Crippen LogP contribution in [0.25, 0.3) is 0 Å². The van der Waals surface area contributed by atoms with Crippen molar-refractivity contribution < 1.29 is 9.57 Å². The van der Waals surface area contributed by atoms with Crippen LogP contribution in [0.4, 0.5) is 17.8 Å². The van der Waals surface area contributed by atoms with Gasteiger partial charge in [0.1, 0.15) is 0 Å². The third kappa shape index (κ3) is 3.83. The molecule has 1 heterocycles. The number of nitrogens with zero attached hydrogens (tertiary/aromatic N) is 3. The highest BCUT2D eigenvalue weighted by Gasteiger charge is 2.08. The van der Waals surface area contributed by atoms with E-state index in [9.17, 15) is 0 Å². The summed E-state index contributed by atoms with van der Waals surface area (Å²) < 4.78 is 5.05. The van der Waals surface area contributed by atoms with E-state index in [2.05, 4.69) is 20.4 Å². The second-order valence-corrected chi connectivity index (χ2v) is 3.05. The summed E-state index contributed by atoms with van der Waals surface area (Å²) in [6, 6.07) is 0. The third-order valence-corrected chi connectivity index (χ3v) is 1.74. The van der Waals surface area contributed by atoms with Crippen LogP contribution in [0, 0.1) is 0 Å². The van der Waals surface area contributed by atoms with E-state index in [1.165, 1.54) is 0 Å². The summed E-state index contributed by atoms with van der Waals surface area (Å²) >= 11 is 0. The van der Waals surface area contributed by atoms with Gasteiger partial charge >= 0.3 is 0 Å². The van der Waals surface area contributed by atoms with Crippen molar-refractivity contribution >= 4 is 17.8 Å². The Labute approximate surface area is 93.3 Å². The highest BCUT2D eigenvalue weighted by Crippen LogP contribution is 2.07. The molecule has 1 aromatic rings. The van der Waals surface area contributed by atoms with E-state index >= 15 is 0 Å². The van der Waals surface area contributed by atoms with Gasteiger partial charge in [0, 0.05) is 13.5 Å². The quantitative estimate of drug-likeness (QED) is 0.464. The molecule has 0 radical (unpaired) electrons. The SMILES string of the molecule is CCCC(OC)ONc1nc(N)nc(N)n1. The van der Waals surface area contributed by atoms with Crippen molar-refractivity contribution in [3.8, 4) is 0 Å². The Morgan fingerprint density at radius 1 is 1.25 bits per heavy atom. The minimum Gasteiger partial charge on any atom is -0.368 e. The van der Waals surface area contributed by atoms with Crippen LogP contribution in [-0.4, -0.2) is 28.4 Å². The van der Waals surface area contributed by atoms with Gasteiger partial charge in [0.2, 0.25) is 11.9 Å². The summed E-state index contributed by atoms with van der Waals surface area (Å²) in [5.74, 6) is 0.217. The van der Waals surface area contributed by atoms with Gasteiger partial charge in [0.05, 0.1) is 0 Å². The number of rotatable bonds is 6. The van der Waals surface area contributed by atoms with E-state index in [-0.39, 0.29) is 24.1 Å². The Morgan fingerprint density at radius 3 is 2.38 bits per heavy atom. The predicted octanol–water partition coefficient (Wildman–Crippen LogP) is 0.152. The fourth-order valence-corrected chi connectivity index (χ4v) is 1.03. The molecule has 16 heavy (non-hydrogen) atoms. The highest BCUT2D eigenvalue weighted by molar-refractivity contribution is 5.35. The maximum atomic E-state index is 5.39. The van der Waals surface area contributed by atoms with Crippen molar-refractivity contribution in [1.82, 2.24) is 15.0 Å². The molecule has 8 heteroatoms. The molecule has 0 spiro atoms. The van der Waals surface area contributed by atoms with Crippen LogP contribution in [0.3, 0.4) is 0 Å². The van der Waals surface area contributed by atoms with Gasteiger partial charge in [0.15, 0.2) is 6.29 Å². The molecule has 1 aromatic heterocycles. The van der Waals surface area contributed by atoms with Crippen molar-refractivity contribution in [2.24, 2.45) is 0 Å². The normalized spacial score (nSPS) is 12.4. The van der Waals surface area contributed by atoms with E-state index in [1.54, 1.807) is 7.11 Å². The van der Waals surface area contributed by atoms with Crippen molar-refractivity contribution in [2.45, 2.75) is 26.1 Å². The van der Waals surface area contributed by atoms with Gasteiger partial charge in [0.25, 0.3) is 5.95 Å². The first-order valence-corrected chi connectivity index (χ1v) is 4.87. The average Bonchev–Trinajstić information content (AvgIpc) is 2.23. The molecule has 0 bridgehead atoms. The van der Waals surface area contributed by atoms with E-state index in [0.29, 0.717) is 0 Å². The lowest BCUT2D eigenvalue weighted by Crippen LogP contribution is -2.20. The highest BCUT2D eigenvalue weighted by atomic mass is 16.8. The lowest BCUT2D eigenvalue weighted by atomic mass is 10.3. The zero-order valence-corrected chi connectivity index (χ0v) is 9.30. The van der Waals surface area contributed by atoms with Crippen LogP contribution < -0.4 is 16.9 Å². The van der Waals surface area contributed by atoms with E-state index < -0.39 is 0 Å². The molecule has 1 unspecified atom stereocenters. The molecule has 8 nitrogen and oxygen atoms in total. The molecule has 90 valence electrons. The van der Waals surface area contributed by atoms with E-state index in [1.807, 2.05) is 6.92 Å². The second-order valence-electron chi connectivity index (χ2n) is 3.05. The number of hydrogen-bond donors (Lipinski definition) is 3. The van der Waals surface area contributed by atoms with Crippen molar-refractivity contribution in [1.29, 1.82) is 0 Å². The average molecular weight is 228 g/mol. The number of hydrogen-bond acceptors (Lipinski definition) is 8. The van der Waals surface area contributed by atoms with Crippen LogP contribution in [0.15, 0.2) is 0 Å². The Morgan fingerprint density at radius 2 is 1.88 bits per heavy atom. The molecular formula is C8H16N6O2. The summed E-state index contributed by atoms with van der Waals surface area (Å²) in [6.07, 6.45) is 1.31. The fourth-order valence-electron chi connectivity index (χ4n) is 1.03. The summed E-state index contributed by atoms with van der Waals surface area (Å²) in [6.45, 7) is 2.02. The number of nitrogen functional groups attached to an aromatic ring is 2. The zero-order valence-electron chi connectivity index (χ0n) is 9.30. The topological polar surface area (TPSA) is 121 Å². The first-order chi connectivity index (χ1) is 7.65. The van der Waals surface area contributed by atoms with Crippen molar-refractivity contribution in [2.75, 3.05) is 24.1 Å². The van der Waals surface area contributed by atoms with Crippen LogP contribution in [-0.2, 0) is 9.57 Å². The molecule has 5 N–H and O–H groups in total. The molecule has 1 rings (SSSR count). The minimum absolute atomic E-state index is 0.0306. The first kappa shape index (κ1) is 12.4. The van der Waals surface area contributed by atoms with Gasteiger partial charge < -0.3 is 16.2 Å². The van der Waals surface area contributed by atoms with Crippen LogP contribution in [0.1, 0.15) is 19.8 Å². The maximum absolute atomic E-state index is 5.39. The molecule has 1 atom stereocenters. The number of ether oxygens (including phenoxy) is 1. The van der Waals surface area contributed by atoms with Crippen molar-refractivity contribution in [3.63, 3.8) is 0 Å². The van der Waals surface area contributed by atoms with E-state index in [0.717, 1.165) is 12.8 Å². The fraction of sp³-hybridized carbons (Fsp3) is 0.625. The zero-order chi connectivity index (χ0) is 12.0. The molecule has 0 saturated carbocycles.